The van der Waals surface area contributed by atoms with Gasteiger partial charge >= 0.3 is 5.69 Å². The van der Waals surface area contributed by atoms with Crippen LogP contribution in [0.3, 0.4) is 0 Å². The number of nitrogens with one attached hydrogen (secondary N) is 2. The molecule has 2 heterocycles. The van der Waals surface area contributed by atoms with Crippen LogP contribution >= 0.6 is 0 Å². The first-order chi connectivity index (χ1) is 13.2. The highest BCUT2D eigenvalue weighted by Crippen LogP contribution is 2.16. The fourth-order valence-electron chi connectivity index (χ4n) is 3.08. The van der Waals surface area contributed by atoms with E-state index in [1.165, 1.54) is 36.3 Å². The van der Waals surface area contributed by atoms with Crippen LogP contribution in [-0.4, -0.2) is 26.2 Å². The van der Waals surface area contributed by atoms with Gasteiger partial charge in [-0.15, -0.1) is 0 Å². The molecule has 0 saturated carbocycles. The third-order valence-electron chi connectivity index (χ3n) is 4.68. The molecular formula is C19H21N5O4. The van der Waals surface area contributed by atoms with Crippen molar-refractivity contribution in [3.05, 3.63) is 67.1 Å². The van der Waals surface area contributed by atoms with Crippen molar-refractivity contribution in [1.82, 2.24) is 13.7 Å². The van der Waals surface area contributed by atoms with E-state index in [9.17, 15) is 19.2 Å². The number of amides is 1. The predicted octanol–water partition coefficient (Wildman–Crippen LogP) is 0.295. The molecule has 2 N–H and O–H groups in total. The maximum atomic E-state index is 12.7. The molecule has 0 fully saturated rings. The lowest BCUT2D eigenvalue weighted by Crippen LogP contribution is -2.40. The highest BCUT2D eigenvalue weighted by molar-refractivity contribution is 5.96. The molecule has 2 aromatic heterocycles. The van der Waals surface area contributed by atoms with Gasteiger partial charge in [-0.05, 0) is 18.6 Å². The zero-order valence-electron chi connectivity index (χ0n) is 16.1. The second-order valence-corrected chi connectivity index (χ2v) is 6.58. The van der Waals surface area contributed by atoms with Crippen molar-refractivity contribution in [2.45, 2.75) is 6.92 Å². The number of hydrogen-bond donors (Lipinski definition) is 2. The van der Waals surface area contributed by atoms with Gasteiger partial charge < -0.3 is 10.6 Å². The summed E-state index contributed by atoms with van der Waals surface area (Å²) >= 11 is 0. The van der Waals surface area contributed by atoms with Crippen molar-refractivity contribution in [3.63, 3.8) is 0 Å². The summed E-state index contributed by atoms with van der Waals surface area (Å²) in [5.41, 5.74) is 0.492. The van der Waals surface area contributed by atoms with Crippen LogP contribution in [0.4, 0.5) is 11.4 Å². The van der Waals surface area contributed by atoms with Gasteiger partial charge in [0.05, 0.1) is 12.2 Å². The number of benzene rings is 1. The third kappa shape index (κ3) is 3.22. The van der Waals surface area contributed by atoms with Gasteiger partial charge in [-0.3, -0.25) is 28.1 Å². The van der Waals surface area contributed by atoms with Gasteiger partial charge in [-0.1, -0.05) is 18.2 Å². The predicted molar refractivity (Wildman–Crippen MR) is 108 cm³/mol. The summed E-state index contributed by atoms with van der Waals surface area (Å²) in [7, 11) is 4.33. The van der Waals surface area contributed by atoms with Crippen molar-refractivity contribution < 1.29 is 4.79 Å². The number of carbonyl (C=O) groups excluding carboxylic acids is 1. The Labute approximate surface area is 159 Å². The molecule has 28 heavy (non-hydrogen) atoms. The Morgan fingerprint density at radius 3 is 2.32 bits per heavy atom. The van der Waals surface area contributed by atoms with Crippen LogP contribution in [0.2, 0.25) is 0 Å². The molecule has 146 valence electrons. The molecule has 0 aliphatic heterocycles. The normalized spacial score (nSPS) is 10.9. The lowest BCUT2D eigenvalue weighted by Gasteiger charge is -2.15. The highest BCUT2D eigenvalue weighted by atomic mass is 16.2. The van der Waals surface area contributed by atoms with E-state index in [0.29, 0.717) is 5.69 Å². The summed E-state index contributed by atoms with van der Waals surface area (Å²) in [4.78, 5) is 49.5. The first-order valence-corrected chi connectivity index (χ1v) is 8.61. The summed E-state index contributed by atoms with van der Waals surface area (Å²) in [6.07, 6.45) is 0. The molecule has 9 nitrogen and oxygen atoms in total. The van der Waals surface area contributed by atoms with Crippen LogP contribution in [0.5, 0.6) is 0 Å². The van der Waals surface area contributed by atoms with Crippen LogP contribution < -0.4 is 27.4 Å². The van der Waals surface area contributed by atoms with E-state index < -0.39 is 16.8 Å². The maximum Gasteiger partial charge on any atom is 0.332 e. The van der Waals surface area contributed by atoms with Gasteiger partial charge in [0.1, 0.15) is 11.0 Å². The second-order valence-electron chi connectivity index (χ2n) is 6.58. The molecule has 3 rings (SSSR count). The molecule has 0 spiro atoms. The summed E-state index contributed by atoms with van der Waals surface area (Å²) in [6, 6.07) is 8.59. The standard InChI is InChI=1S/C19H21N5O4/c1-11-7-5-6-8-12(11)21-14(25)10-20-13-9-15(26)22(2)17-16(13)18(27)24(4)19(28)23(17)3/h5-9,20H,10H2,1-4H3,(H,21,25). The number of nitrogens with zero attached hydrogens (tertiary/aromatic N) is 3. The van der Waals surface area contributed by atoms with Crippen LogP contribution in [0, 0.1) is 6.92 Å². The minimum Gasteiger partial charge on any atom is -0.375 e. The highest BCUT2D eigenvalue weighted by Gasteiger charge is 2.17. The molecule has 0 aliphatic carbocycles. The zero-order valence-corrected chi connectivity index (χ0v) is 16.1. The molecule has 0 radical (unpaired) electrons. The van der Waals surface area contributed by atoms with Crippen molar-refractivity contribution >= 4 is 28.3 Å². The Hall–Kier alpha value is -3.62. The number of rotatable bonds is 4. The second kappa shape index (κ2) is 7.18. The molecule has 0 bridgehead atoms. The summed E-state index contributed by atoms with van der Waals surface area (Å²) in [6.45, 7) is 1.73. The number of fused-ring (bicyclic) bond motifs is 1. The molecule has 1 aromatic carbocycles. The fraction of sp³-hybridized carbons (Fsp3) is 0.263. The van der Waals surface area contributed by atoms with Crippen molar-refractivity contribution in [1.29, 1.82) is 0 Å². The molecule has 0 unspecified atom stereocenters. The number of hydrogen-bond acceptors (Lipinski definition) is 5. The SMILES string of the molecule is Cc1ccccc1NC(=O)CNc1cc(=O)n(C)c2c1c(=O)n(C)c(=O)n2C. The maximum absolute atomic E-state index is 12.7. The van der Waals surface area contributed by atoms with Crippen LogP contribution in [0.15, 0.2) is 44.7 Å². The monoisotopic (exact) mass is 383 g/mol. The number of aryl methyl sites for hydroxylation is 3. The van der Waals surface area contributed by atoms with E-state index in [1.807, 2.05) is 25.1 Å². The van der Waals surface area contributed by atoms with Crippen molar-refractivity contribution in [2.24, 2.45) is 21.1 Å². The summed E-state index contributed by atoms with van der Waals surface area (Å²) in [5.74, 6) is -0.329. The quantitative estimate of drug-likeness (QED) is 0.674. The molecular weight excluding hydrogens is 362 g/mol. The molecule has 3 aromatic rings. The van der Waals surface area contributed by atoms with Crippen LogP contribution in [-0.2, 0) is 25.9 Å². The first-order valence-electron chi connectivity index (χ1n) is 8.61. The number of para-hydroxylation sites is 1. The molecule has 0 aliphatic rings. The average Bonchev–Trinajstić information content (AvgIpc) is 2.67. The van der Waals surface area contributed by atoms with E-state index in [2.05, 4.69) is 10.6 Å². The summed E-state index contributed by atoms with van der Waals surface area (Å²) in [5, 5.41) is 5.80. The van der Waals surface area contributed by atoms with E-state index in [4.69, 9.17) is 0 Å². The minimum absolute atomic E-state index is 0.150. The number of pyridine rings is 1. The Morgan fingerprint density at radius 1 is 0.964 bits per heavy atom. The average molecular weight is 383 g/mol. The number of carbonyl (C=O) groups is 1. The van der Waals surface area contributed by atoms with Crippen LogP contribution in [0.25, 0.3) is 11.0 Å². The molecule has 9 heteroatoms. The van der Waals surface area contributed by atoms with Gasteiger partial charge in [0.2, 0.25) is 5.91 Å². The fourth-order valence-corrected chi connectivity index (χ4v) is 3.08. The van der Waals surface area contributed by atoms with Crippen molar-refractivity contribution in [3.8, 4) is 0 Å². The summed E-state index contributed by atoms with van der Waals surface area (Å²) < 4.78 is 3.43. The molecule has 0 atom stereocenters. The molecule has 1 amide bonds. The van der Waals surface area contributed by atoms with Gasteiger partial charge in [0.25, 0.3) is 11.1 Å². The Bertz CT molecular complexity index is 1270. The van der Waals surface area contributed by atoms with Crippen molar-refractivity contribution in [2.75, 3.05) is 17.2 Å². The lowest BCUT2D eigenvalue weighted by molar-refractivity contribution is -0.114. The van der Waals surface area contributed by atoms with Crippen LogP contribution in [0.1, 0.15) is 5.56 Å². The number of anilines is 2. The smallest absolute Gasteiger partial charge is 0.332 e. The lowest BCUT2D eigenvalue weighted by atomic mass is 10.2. The van der Waals surface area contributed by atoms with E-state index in [0.717, 1.165) is 10.1 Å². The third-order valence-corrected chi connectivity index (χ3v) is 4.68. The zero-order chi connectivity index (χ0) is 20.6. The van der Waals surface area contributed by atoms with Gasteiger partial charge in [0.15, 0.2) is 0 Å². The van der Waals surface area contributed by atoms with Gasteiger partial charge in [-0.2, -0.15) is 0 Å². The van der Waals surface area contributed by atoms with E-state index >= 15 is 0 Å². The minimum atomic E-state index is -0.546. The Balaban J connectivity index is 2.00. The number of aromatic nitrogens is 3. The van der Waals surface area contributed by atoms with Gasteiger partial charge in [0, 0.05) is 32.9 Å². The molecule has 0 saturated heterocycles. The van der Waals surface area contributed by atoms with E-state index in [-0.39, 0.29) is 29.2 Å². The topological polar surface area (TPSA) is 107 Å². The Morgan fingerprint density at radius 2 is 1.64 bits per heavy atom. The first kappa shape index (κ1) is 19.2. The largest absolute Gasteiger partial charge is 0.375 e. The van der Waals surface area contributed by atoms with E-state index in [1.54, 1.807) is 6.07 Å². The van der Waals surface area contributed by atoms with Gasteiger partial charge in [-0.25, -0.2) is 4.79 Å². The Kier molecular flexibility index (Phi) is 4.91.